The minimum Gasteiger partial charge on any atom is -0.332 e. The Bertz CT molecular complexity index is 605. The van der Waals surface area contributed by atoms with Gasteiger partial charge in [0.1, 0.15) is 0 Å². The van der Waals surface area contributed by atoms with Gasteiger partial charge in [0.25, 0.3) is 0 Å². The molecule has 0 unspecified atom stereocenters. The van der Waals surface area contributed by atoms with Crippen LogP contribution in [-0.4, -0.2) is 5.11 Å². The third-order valence-electron chi connectivity index (χ3n) is 3.68. The molecule has 0 radical (unpaired) electrons. The smallest absolute Gasteiger partial charge is 0.175 e. The average molecular weight is 312 g/mol. The second-order valence-corrected chi connectivity index (χ2v) is 5.80. The predicted octanol–water partition coefficient (Wildman–Crippen LogP) is 5.40. The number of para-hydroxylation sites is 1. The molecule has 0 saturated heterocycles. The standard InChI is InChI=1S/C19H24N2S/c1-3-5-8-15-11-13-17(14-12-15)20-19(22)21-18-10-7-6-9-16(18)4-2/h6-7,9-14H,3-5,8H2,1-2H3,(H2,20,21,22). The van der Waals surface area contributed by atoms with Crippen molar-refractivity contribution in [2.45, 2.75) is 39.5 Å². The maximum atomic E-state index is 5.41. The molecule has 2 rings (SSSR count). The van der Waals surface area contributed by atoms with Crippen LogP contribution in [0.1, 0.15) is 37.8 Å². The van der Waals surface area contributed by atoms with Gasteiger partial charge in [-0.05, 0) is 60.8 Å². The molecule has 116 valence electrons. The number of hydrogen-bond acceptors (Lipinski definition) is 1. The van der Waals surface area contributed by atoms with Crippen molar-refractivity contribution in [2.24, 2.45) is 0 Å². The Morgan fingerprint density at radius 3 is 2.36 bits per heavy atom. The Labute approximate surface area is 139 Å². The summed E-state index contributed by atoms with van der Waals surface area (Å²) in [6, 6.07) is 16.8. The Kier molecular flexibility index (Phi) is 6.41. The van der Waals surface area contributed by atoms with E-state index >= 15 is 0 Å². The Balaban J connectivity index is 1.94. The summed E-state index contributed by atoms with van der Waals surface area (Å²) in [6.07, 6.45) is 4.59. The number of aryl methyl sites for hydroxylation is 2. The highest BCUT2D eigenvalue weighted by Gasteiger charge is 2.03. The third-order valence-corrected chi connectivity index (χ3v) is 3.88. The summed E-state index contributed by atoms with van der Waals surface area (Å²) < 4.78 is 0. The van der Waals surface area contributed by atoms with E-state index in [1.807, 2.05) is 6.07 Å². The van der Waals surface area contributed by atoms with E-state index in [1.165, 1.54) is 24.0 Å². The molecule has 0 bridgehead atoms. The molecule has 0 aliphatic rings. The van der Waals surface area contributed by atoms with E-state index in [2.05, 4.69) is 66.9 Å². The minimum absolute atomic E-state index is 0.627. The first kappa shape index (κ1) is 16.5. The SMILES string of the molecule is CCCCc1ccc(NC(=S)Nc2ccccc2CC)cc1. The zero-order valence-electron chi connectivity index (χ0n) is 13.4. The van der Waals surface area contributed by atoms with Crippen molar-refractivity contribution >= 4 is 28.7 Å². The van der Waals surface area contributed by atoms with Crippen LogP contribution in [-0.2, 0) is 12.8 Å². The maximum Gasteiger partial charge on any atom is 0.175 e. The van der Waals surface area contributed by atoms with Crippen molar-refractivity contribution in [3.05, 3.63) is 59.7 Å². The van der Waals surface area contributed by atoms with Gasteiger partial charge in [0.2, 0.25) is 0 Å². The second kappa shape index (κ2) is 8.54. The van der Waals surface area contributed by atoms with Gasteiger partial charge in [-0.25, -0.2) is 0 Å². The molecule has 0 saturated carbocycles. The zero-order chi connectivity index (χ0) is 15.8. The van der Waals surface area contributed by atoms with Gasteiger partial charge in [0.05, 0.1) is 0 Å². The van der Waals surface area contributed by atoms with Crippen molar-refractivity contribution < 1.29 is 0 Å². The van der Waals surface area contributed by atoms with Gasteiger partial charge in [-0.3, -0.25) is 0 Å². The lowest BCUT2D eigenvalue weighted by Gasteiger charge is -2.13. The molecule has 22 heavy (non-hydrogen) atoms. The van der Waals surface area contributed by atoms with E-state index in [4.69, 9.17) is 12.2 Å². The van der Waals surface area contributed by atoms with Crippen LogP contribution in [0.5, 0.6) is 0 Å². The van der Waals surface area contributed by atoms with Crippen LogP contribution in [0.2, 0.25) is 0 Å². The third kappa shape index (κ3) is 4.85. The summed E-state index contributed by atoms with van der Waals surface area (Å²) in [5.41, 5.74) is 4.73. The van der Waals surface area contributed by atoms with Crippen LogP contribution in [0.4, 0.5) is 11.4 Å². The number of unbranched alkanes of at least 4 members (excludes halogenated alkanes) is 1. The number of anilines is 2. The molecule has 2 aromatic rings. The molecule has 0 aromatic heterocycles. The fourth-order valence-corrected chi connectivity index (χ4v) is 2.60. The molecule has 3 heteroatoms. The van der Waals surface area contributed by atoms with E-state index in [0.29, 0.717) is 5.11 Å². The summed E-state index contributed by atoms with van der Waals surface area (Å²) in [5, 5.41) is 7.15. The highest BCUT2D eigenvalue weighted by atomic mass is 32.1. The Morgan fingerprint density at radius 2 is 1.68 bits per heavy atom. The number of benzene rings is 2. The van der Waals surface area contributed by atoms with Gasteiger partial charge in [-0.1, -0.05) is 50.6 Å². The predicted molar refractivity (Wildman–Crippen MR) is 101 cm³/mol. The van der Waals surface area contributed by atoms with Gasteiger partial charge in [-0.2, -0.15) is 0 Å². The molecule has 0 amide bonds. The van der Waals surface area contributed by atoms with Crippen molar-refractivity contribution in [1.29, 1.82) is 0 Å². The first-order chi connectivity index (χ1) is 10.7. The quantitative estimate of drug-likeness (QED) is 0.698. The maximum absolute atomic E-state index is 5.41. The van der Waals surface area contributed by atoms with Crippen LogP contribution < -0.4 is 10.6 Å². The van der Waals surface area contributed by atoms with Crippen molar-refractivity contribution in [3.63, 3.8) is 0 Å². The largest absolute Gasteiger partial charge is 0.332 e. The van der Waals surface area contributed by atoms with E-state index in [-0.39, 0.29) is 0 Å². The molecule has 2 N–H and O–H groups in total. The molecule has 0 spiro atoms. The number of nitrogens with one attached hydrogen (secondary N) is 2. The number of hydrogen-bond donors (Lipinski definition) is 2. The van der Waals surface area contributed by atoms with E-state index in [9.17, 15) is 0 Å². The summed E-state index contributed by atoms with van der Waals surface area (Å²) in [5.74, 6) is 0. The number of thiocarbonyl (C=S) groups is 1. The van der Waals surface area contributed by atoms with Crippen molar-refractivity contribution in [1.82, 2.24) is 0 Å². The van der Waals surface area contributed by atoms with Crippen LogP contribution >= 0.6 is 12.2 Å². The fraction of sp³-hybridized carbons (Fsp3) is 0.316. The summed E-state index contributed by atoms with van der Waals surface area (Å²) in [4.78, 5) is 0. The van der Waals surface area contributed by atoms with Crippen LogP contribution in [0, 0.1) is 0 Å². The lowest BCUT2D eigenvalue weighted by molar-refractivity contribution is 0.795. The molecule has 2 nitrogen and oxygen atoms in total. The first-order valence-corrected chi connectivity index (χ1v) is 8.38. The van der Waals surface area contributed by atoms with Crippen LogP contribution in [0.15, 0.2) is 48.5 Å². The summed E-state index contributed by atoms with van der Waals surface area (Å²) in [7, 11) is 0. The van der Waals surface area contributed by atoms with Gasteiger partial charge < -0.3 is 10.6 Å². The average Bonchev–Trinajstić information content (AvgIpc) is 2.54. The van der Waals surface area contributed by atoms with Crippen LogP contribution in [0.25, 0.3) is 0 Å². The molecular formula is C19H24N2S. The number of rotatable bonds is 6. The van der Waals surface area contributed by atoms with Crippen molar-refractivity contribution in [2.75, 3.05) is 10.6 Å². The van der Waals surface area contributed by atoms with Gasteiger partial charge in [-0.15, -0.1) is 0 Å². The van der Waals surface area contributed by atoms with Crippen molar-refractivity contribution in [3.8, 4) is 0 Å². The van der Waals surface area contributed by atoms with Gasteiger partial charge in [0.15, 0.2) is 5.11 Å². The zero-order valence-corrected chi connectivity index (χ0v) is 14.2. The highest BCUT2D eigenvalue weighted by molar-refractivity contribution is 7.80. The second-order valence-electron chi connectivity index (χ2n) is 5.39. The molecule has 0 fully saturated rings. The van der Waals surface area contributed by atoms with E-state index in [0.717, 1.165) is 24.2 Å². The molecule has 2 aromatic carbocycles. The molecular weight excluding hydrogens is 288 g/mol. The monoisotopic (exact) mass is 312 g/mol. The first-order valence-electron chi connectivity index (χ1n) is 7.97. The molecule has 0 heterocycles. The molecule has 0 atom stereocenters. The van der Waals surface area contributed by atoms with E-state index < -0.39 is 0 Å². The van der Waals surface area contributed by atoms with Crippen LogP contribution in [0.3, 0.4) is 0 Å². The fourth-order valence-electron chi connectivity index (χ4n) is 2.37. The minimum atomic E-state index is 0.627. The van der Waals surface area contributed by atoms with Gasteiger partial charge in [0, 0.05) is 11.4 Å². The molecule has 0 aliphatic heterocycles. The molecule has 0 aliphatic carbocycles. The Morgan fingerprint density at radius 1 is 0.955 bits per heavy atom. The lowest BCUT2D eigenvalue weighted by Crippen LogP contribution is -2.19. The highest BCUT2D eigenvalue weighted by Crippen LogP contribution is 2.17. The summed E-state index contributed by atoms with van der Waals surface area (Å²) in [6.45, 7) is 4.36. The topological polar surface area (TPSA) is 24.1 Å². The summed E-state index contributed by atoms with van der Waals surface area (Å²) >= 11 is 5.41. The normalized spacial score (nSPS) is 10.3. The lowest BCUT2D eigenvalue weighted by atomic mass is 10.1. The Hall–Kier alpha value is -1.87. The van der Waals surface area contributed by atoms with E-state index in [1.54, 1.807) is 0 Å². The van der Waals surface area contributed by atoms with Gasteiger partial charge >= 0.3 is 0 Å².